The van der Waals surface area contributed by atoms with Crippen LogP contribution in [0.2, 0.25) is 0 Å². The third-order valence-corrected chi connectivity index (χ3v) is 7.45. The Kier molecular flexibility index (Phi) is 5.37. The van der Waals surface area contributed by atoms with Gasteiger partial charge in [-0.25, -0.2) is 0 Å². The van der Waals surface area contributed by atoms with Crippen molar-refractivity contribution in [3.8, 4) is 0 Å². The van der Waals surface area contributed by atoms with Crippen molar-refractivity contribution in [3.05, 3.63) is 0 Å². The van der Waals surface area contributed by atoms with Crippen LogP contribution < -0.4 is 0 Å². The van der Waals surface area contributed by atoms with Crippen LogP contribution in [0.3, 0.4) is 0 Å². The van der Waals surface area contributed by atoms with Crippen molar-refractivity contribution in [2.24, 2.45) is 5.92 Å². The van der Waals surface area contributed by atoms with E-state index >= 15 is 0 Å². The standard InChI is InChI=1S/C12H19ClOS2/c13-7-9-8-15-12(16-9)10-5-3-1-2-4-6-11(10)14/h9-10,12H,1-8H2. The molecular weight excluding hydrogens is 260 g/mol. The number of carbonyl (C=O) groups excluding carboxylic acids is 1. The zero-order valence-electron chi connectivity index (χ0n) is 9.49. The summed E-state index contributed by atoms with van der Waals surface area (Å²) < 4.78 is 0.495. The van der Waals surface area contributed by atoms with E-state index in [0.717, 1.165) is 30.9 Å². The third-order valence-electron chi connectivity index (χ3n) is 3.38. The Bertz CT molecular complexity index is 247. The van der Waals surface area contributed by atoms with Crippen molar-refractivity contribution in [2.45, 2.75) is 48.4 Å². The molecule has 0 aromatic carbocycles. The Morgan fingerprint density at radius 2 is 2.06 bits per heavy atom. The van der Waals surface area contributed by atoms with Crippen LogP contribution in [0.1, 0.15) is 38.5 Å². The Morgan fingerprint density at radius 3 is 2.81 bits per heavy atom. The monoisotopic (exact) mass is 278 g/mol. The molecule has 0 aromatic heterocycles. The molecule has 0 radical (unpaired) electrons. The number of ketones is 1. The van der Waals surface area contributed by atoms with E-state index < -0.39 is 0 Å². The highest BCUT2D eigenvalue weighted by Crippen LogP contribution is 2.45. The minimum atomic E-state index is 0.309. The molecule has 0 bridgehead atoms. The average Bonchev–Trinajstić information content (AvgIpc) is 2.72. The summed E-state index contributed by atoms with van der Waals surface area (Å²) >= 11 is 9.79. The molecule has 2 fully saturated rings. The van der Waals surface area contributed by atoms with Crippen LogP contribution in [-0.4, -0.2) is 27.2 Å². The first-order chi connectivity index (χ1) is 7.81. The predicted molar refractivity (Wildman–Crippen MR) is 74.5 cm³/mol. The molecule has 2 rings (SSSR count). The maximum atomic E-state index is 12.1. The highest BCUT2D eigenvalue weighted by Gasteiger charge is 2.35. The molecular formula is C12H19ClOS2. The summed E-state index contributed by atoms with van der Waals surface area (Å²) in [5.74, 6) is 2.68. The van der Waals surface area contributed by atoms with Crippen LogP contribution >= 0.6 is 35.1 Å². The molecule has 3 atom stereocenters. The predicted octanol–water partition coefficient (Wildman–Crippen LogP) is 3.94. The van der Waals surface area contributed by atoms with Crippen molar-refractivity contribution >= 4 is 40.9 Å². The van der Waals surface area contributed by atoms with Gasteiger partial charge >= 0.3 is 0 Å². The first-order valence-electron chi connectivity index (χ1n) is 6.17. The Hall–Kier alpha value is 0.660. The highest BCUT2D eigenvalue weighted by atomic mass is 35.5. The molecule has 0 N–H and O–H groups in total. The summed E-state index contributed by atoms with van der Waals surface area (Å²) in [5, 5.41) is 0.565. The number of thioether (sulfide) groups is 2. The van der Waals surface area contributed by atoms with Gasteiger partial charge in [0, 0.05) is 29.2 Å². The van der Waals surface area contributed by atoms with Gasteiger partial charge in [0.1, 0.15) is 5.78 Å². The first-order valence-corrected chi connectivity index (χ1v) is 8.69. The number of rotatable bonds is 2. The van der Waals surface area contributed by atoms with Gasteiger partial charge < -0.3 is 0 Å². The van der Waals surface area contributed by atoms with Gasteiger partial charge in [0.2, 0.25) is 0 Å². The van der Waals surface area contributed by atoms with Crippen LogP contribution in [0.15, 0.2) is 0 Å². The van der Waals surface area contributed by atoms with E-state index in [1.54, 1.807) is 0 Å². The SMILES string of the molecule is O=C1CCCCCCC1C1SCC(CCl)S1. The fourth-order valence-electron chi connectivity index (χ4n) is 2.41. The summed E-state index contributed by atoms with van der Waals surface area (Å²) in [7, 11) is 0. The van der Waals surface area contributed by atoms with Crippen molar-refractivity contribution in [1.29, 1.82) is 0 Å². The molecule has 16 heavy (non-hydrogen) atoms. The minimum absolute atomic E-state index is 0.309. The van der Waals surface area contributed by atoms with Gasteiger partial charge in [-0.3, -0.25) is 4.79 Å². The maximum absolute atomic E-state index is 12.1. The molecule has 3 unspecified atom stereocenters. The smallest absolute Gasteiger partial charge is 0.137 e. The molecule has 4 heteroatoms. The molecule has 1 saturated heterocycles. The van der Waals surface area contributed by atoms with E-state index in [4.69, 9.17) is 11.6 Å². The number of hydrogen-bond acceptors (Lipinski definition) is 3. The average molecular weight is 279 g/mol. The zero-order valence-corrected chi connectivity index (χ0v) is 11.9. The van der Waals surface area contributed by atoms with E-state index in [2.05, 4.69) is 0 Å². The van der Waals surface area contributed by atoms with Gasteiger partial charge in [0.05, 0.1) is 4.58 Å². The van der Waals surface area contributed by atoms with Gasteiger partial charge in [-0.15, -0.1) is 35.1 Å². The van der Waals surface area contributed by atoms with Crippen molar-refractivity contribution in [1.82, 2.24) is 0 Å². The number of Topliss-reactive ketones (excluding diaryl/α,β-unsaturated/α-hetero) is 1. The Morgan fingerprint density at radius 1 is 1.25 bits per heavy atom. The van der Waals surface area contributed by atoms with Gasteiger partial charge in [-0.2, -0.15) is 0 Å². The lowest BCUT2D eigenvalue weighted by molar-refractivity contribution is -0.123. The Labute approximate surface area is 111 Å². The zero-order chi connectivity index (χ0) is 11.4. The van der Waals surface area contributed by atoms with E-state index in [0.29, 0.717) is 21.5 Å². The molecule has 0 spiro atoms. The fraction of sp³-hybridized carbons (Fsp3) is 0.917. The van der Waals surface area contributed by atoms with Crippen LogP contribution in [0.25, 0.3) is 0 Å². The Balaban J connectivity index is 1.92. The molecule has 1 aliphatic carbocycles. The summed E-state index contributed by atoms with van der Waals surface area (Å²) in [5.41, 5.74) is 0. The molecule has 2 aliphatic rings. The normalized spacial score (nSPS) is 37.1. The largest absolute Gasteiger partial charge is 0.299 e. The molecule has 92 valence electrons. The number of hydrogen-bond donors (Lipinski definition) is 0. The van der Waals surface area contributed by atoms with E-state index in [1.165, 1.54) is 19.3 Å². The minimum Gasteiger partial charge on any atom is -0.299 e. The summed E-state index contributed by atoms with van der Waals surface area (Å²) in [6.07, 6.45) is 6.82. The van der Waals surface area contributed by atoms with Gasteiger partial charge in [-0.1, -0.05) is 19.3 Å². The second kappa shape index (κ2) is 6.55. The highest BCUT2D eigenvalue weighted by molar-refractivity contribution is 8.20. The lowest BCUT2D eigenvalue weighted by Gasteiger charge is -2.23. The summed E-state index contributed by atoms with van der Waals surface area (Å²) in [6.45, 7) is 0. The quantitative estimate of drug-likeness (QED) is 0.712. The van der Waals surface area contributed by atoms with Gasteiger partial charge in [0.15, 0.2) is 0 Å². The molecule has 0 aromatic rings. The molecule has 0 amide bonds. The number of alkyl halides is 1. The molecule has 1 heterocycles. The van der Waals surface area contributed by atoms with Crippen LogP contribution in [0.4, 0.5) is 0 Å². The summed E-state index contributed by atoms with van der Waals surface area (Å²) in [6, 6.07) is 0. The van der Waals surface area contributed by atoms with Crippen LogP contribution in [0.5, 0.6) is 0 Å². The second-order valence-corrected chi connectivity index (χ2v) is 7.87. The van der Waals surface area contributed by atoms with Crippen molar-refractivity contribution in [3.63, 3.8) is 0 Å². The first kappa shape index (κ1) is 13.1. The van der Waals surface area contributed by atoms with Crippen molar-refractivity contribution < 1.29 is 4.79 Å². The lowest BCUT2D eigenvalue weighted by Crippen LogP contribution is -2.24. The van der Waals surface area contributed by atoms with E-state index in [1.807, 2.05) is 23.5 Å². The molecule has 1 aliphatic heterocycles. The van der Waals surface area contributed by atoms with Gasteiger partial charge in [-0.05, 0) is 12.8 Å². The van der Waals surface area contributed by atoms with E-state index in [-0.39, 0.29) is 0 Å². The van der Waals surface area contributed by atoms with Gasteiger partial charge in [0.25, 0.3) is 0 Å². The third kappa shape index (κ3) is 3.33. The molecule has 1 saturated carbocycles. The number of halogens is 1. The topological polar surface area (TPSA) is 17.1 Å². The fourth-order valence-corrected chi connectivity index (χ4v) is 6.41. The molecule has 1 nitrogen and oxygen atoms in total. The van der Waals surface area contributed by atoms with Crippen LogP contribution in [0, 0.1) is 5.92 Å². The van der Waals surface area contributed by atoms with Crippen LogP contribution in [-0.2, 0) is 4.79 Å². The lowest BCUT2D eigenvalue weighted by atomic mass is 9.91. The second-order valence-electron chi connectivity index (χ2n) is 4.64. The van der Waals surface area contributed by atoms with Crippen molar-refractivity contribution in [2.75, 3.05) is 11.6 Å². The summed E-state index contributed by atoms with van der Waals surface area (Å²) in [4.78, 5) is 12.1. The van der Waals surface area contributed by atoms with E-state index in [9.17, 15) is 4.79 Å². The maximum Gasteiger partial charge on any atom is 0.137 e. The number of carbonyl (C=O) groups is 1.